The predicted molar refractivity (Wildman–Crippen MR) is 93.0 cm³/mol. The van der Waals surface area contributed by atoms with Crippen LogP contribution in [0.3, 0.4) is 0 Å². The first-order chi connectivity index (χ1) is 11.4. The highest BCUT2D eigenvalue weighted by molar-refractivity contribution is 6.33. The number of hydrogen-bond acceptors (Lipinski definition) is 4. The highest BCUT2D eigenvalue weighted by atomic mass is 35.5. The number of nitro groups is 1. The Kier molecular flexibility index (Phi) is 5.76. The number of nitrogens with zero attached hydrogens (tertiary/aromatic N) is 1. The van der Waals surface area contributed by atoms with Crippen LogP contribution in [0, 0.1) is 17.0 Å². The maximum Gasteiger partial charge on any atom is 0.288 e. The van der Waals surface area contributed by atoms with Crippen LogP contribution in [0.25, 0.3) is 0 Å². The topological polar surface area (TPSA) is 81.5 Å². The van der Waals surface area contributed by atoms with Crippen LogP contribution in [-0.2, 0) is 0 Å². The summed E-state index contributed by atoms with van der Waals surface area (Å²) in [6.07, 6.45) is 0.905. The quantitative estimate of drug-likeness (QED) is 0.611. The molecule has 0 bridgehead atoms. The zero-order chi connectivity index (χ0) is 17.7. The average molecular weight is 349 g/mol. The lowest BCUT2D eigenvalue weighted by Crippen LogP contribution is -2.13. The molecule has 0 aliphatic carbocycles. The molecule has 0 unspecified atom stereocenters. The summed E-state index contributed by atoms with van der Waals surface area (Å²) in [4.78, 5) is 22.6. The van der Waals surface area contributed by atoms with Gasteiger partial charge in [-0.05, 0) is 49.2 Å². The van der Waals surface area contributed by atoms with Gasteiger partial charge in [-0.2, -0.15) is 0 Å². The summed E-state index contributed by atoms with van der Waals surface area (Å²) in [6, 6.07) is 9.47. The van der Waals surface area contributed by atoms with E-state index in [1.165, 1.54) is 12.1 Å². The van der Waals surface area contributed by atoms with E-state index < -0.39 is 4.92 Å². The summed E-state index contributed by atoms with van der Waals surface area (Å²) < 4.78 is 5.47. The van der Waals surface area contributed by atoms with Crippen LogP contribution in [0.2, 0.25) is 5.02 Å². The maximum atomic E-state index is 12.3. The predicted octanol–water partition coefficient (Wildman–Crippen LogP) is 4.60. The standard InChI is InChI=1S/C17H17ClN2O4/c1-3-8-24-13-6-4-12(5-7-13)17(21)19-15-10-14(18)16(20(22)23)9-11(15)2/h4-7,9-10H,3,8H2,1-2H3,(H,19,21). The van der Waals surface area contributed by atoms with Crippen molar-refractivity contribution in [3.8, 4) is 5.75 Å². The Hall–Kier alpha value is -2.60. The van der Waals surface area contributed by atoms with Crippen molar-refractivity contribution in [2.75, 3.05) is 11.9 Å². The fourth-order valence-electron chi connectivity index (χ4n) is 2.06. The highest BCUT2D eigenvalue weighted by Gasteiger charge is 2.16. The van der Waals surface area contributed by atoms with E-state index in [4.69, 9.17) is 16.3 Å². The number of amides is 1. The zero-order valence-corrected chi connectivity index (χ0v) is 14.1. The lowest BCUT2D eigenvalue weighted by molar-refractivity contribution is -0.384. The van der Waals surface area contributed by atoms with Gasteiger partial charge in [0.1, 0.15) is 10.8 Å². The van der Waals surface area contributed by atoms with Crippen molar-refractivity contribution in [2.24, 2.45) is 0 Å². The Morgan fingerprint density at radius 1 is 1.29 bits per heavy atom. The minimum atomic E-state index is -0.560. The number of ether oxygens (including phenoxy) is 1. The summed E-state index contributed by atoms with van der Waals surface area (Å²) >= 11 is 5.89. The number of carbonyl (C=O) groups is 1. The molecule has 0 saturated heterocycles. The molecule has 0 saturated carbocycles. The molecule has 2 aromatic carbocycles. The maximum absolute atomic E-state index is 12.3. The molecule has 0 atom stereocenters. The van der Waals surface area contributed by atoms with Crippen molar-refractivity contribution in [2.45, 2.75) is 20.3 Å². The number of halogens is 1. The summed E-state index contributed by atoms with van der Waals surface area (Å²) in [5.74, 6) is 0.369. The van der Waals surface area contributed by atoms with Crippen molar-refractivity contribution in [3.63, 3.8) is 0 Å². The second kappa shape index (κ2) is 7.79. The lowest BCUT2D eigenvalue weighted by Gasteiger charge is -2.10. The van der Waals surface area contributed by atoms with Crippen molar-refractivity contribution in [1.29, 1.82) is 0 Å². The van der Waals surface area contributed by atoms with E-state index in [2.05, 4.69) is 5.32 Å². The summed E-state index contributed by atoms with van der Waals surface area (Å²) in [6.45, 7) is 4.30. The van der Waals surface area contributed by atoms with Crippen LogP contribution < -0.4 is 10.1 Å². The van der Waals surface area contributed by atoms with E-state index in [1.807, 2.05) is 6.92 Å². The number of nitro benzene ring substituents is 1. The van der Waals surface area contributed by atoms with E-state index in [1.54, 1.807) is 31.2 Å². The minimum absolute atomic E-state index is 0.0239. The monoisotopic (exact) mass is 348 g/mol. The molecule has 0 aliphatic rings. The van der Waals surface area contributed by atoms with Crippen LogP contribution in [0.5, 0.6) is 5.75 Å². The molecule has 0 aliphatic heterocycles. The first kappa shape index (κ1) is 17.7. The first-order valence-electron chi connectivity index (χ1n) is 7.41. The molecule has 0 heterocycles. The first-order valence-corrected chi connectivity index (χ1v) is 7.79. The fourth-order valence-corrected chi connectivity index (χ4v) is 2.29. The van der Waals surface area contributed by atoms with Gasteiger partial charge < -0.3 is 10.1 Å². The molecule has 1 amide bonds. The zero-order valence-electron chi connectivity index (χ0n) is 13.3. The molecule has 0 fully saturated rings. The van der Waals surface area contributed by atoms with Crippen molar-refractivity contribution in [1.82, 2.24) is 0 Å². The second-order valence-corrected chi connectivity index (χ2v) is 5.61. The van der Waals surface area contributed by atoms with Crippen molar-refractivity contribution < 1.29 is 14.5 Å². The number of benzene rings is 2. The van der Waals surface area contributed by atoms with Gasteiger partial charge in [-0.15, -0.1) is 0 Å². The highest BCUT2D eigenvalue weighted by Crippen LogP contribution is 2.30. The third-order valence-corrected chi connectivity index (χ3v) is 3.63. The molecule has 24 heavy (non-hydrogen) atoms. The Morgan fingerprint density at radius 3 is 2.54 bits per heavy atom. The lowest BCUT2D eigenvalue weighted by atomic mass is 10.1. The van der Waals surface area contributed by atoms with Gasteiger partial charge in [0, 0.05) is 17.3 Å². The third-order valence-electron chi connectivity index (χ3n) is 3.33. The van der Waals surface area contributed by atoms with E-state index in [9.17, 15) is 14.9 Å². The summed E-state index contributed by atoms with van der Waals surface area (Å²) in [7, 11) is 0. The van der Waals surface area contributed by atoms with Crippen LogP contribution in [-0.4, -0.2) is 17.4 Å². The second-order valence-electron chi connectivity index (χ2n) is 5.20. The van der Waals surface area contributed by atoms with Crippen LogP contribution in [0.1, 0.15) is 29.3 Å². The largest absolute Gasteiger partial charge is 0.494 e. The molecule has 0 aromatic heterocycles. The van der Waals surface area contributed by atoms with Gasteiger partial charge in [-0.3, -0.25) is 14.9 Å². The molecule has 126 valence electrons. The fraction of sp³-hybridized carbons (Fsp3) is 0.235. The molecular formula is C17H17ClN2O4. The van der Waals surface area contributed by atoms with Gasteiger partial charge in [0.05, 0.1) is 11.5 Å². The number of aryl methyl sites for hydroxylation is 1. The SMILES string of the molecule is CCCOc1ccc(C(=O)Nc2cc(Cl)c([N+](=O)[O-])cc2C)cc1. The molecule has 7 heteroatoms. The van der Waals surface area contributed by atoms with Gasteiger partial charge in [0.25, 0.3) is 11.6 Å². The third kappa shape index (κ3) is 4.23. The minimum Gasteiger partial charge on any atom is -0.494 e. The van der Waals surface area contributed by atoms with Gasteiger partial charge in [0.15, 0.2) is 0 Å². The number of anilines is 1. The van der Waals surface area contributed by atoms with Crippen LogP contribution in [0.15, 0.2) is 36.4 Å². The van der Waals surface area contributed by atoms with Crippen molar-refractivity contribution in [3.05, 3.63) is 62.7 Å². The van der Waals surface area contributed by atoms with Crippen molar-refractivity contribution >= 4 is 28.9 Å². The number of nitrogens with one attached hydrogen (secondary N) is 1. The average Bonchev–Trinajstić information content (AvgIpc) is 2.56. The molecule has 1 N–H and O–H groups in total. The molecule has 6 nitrogen and oxygen atoms in total. The molecular weight excluding hydrogens is 332 g/mol. The van der Waals surface area contributed by atoms with E-state index in [-0.39, 0.29) is 16.6 Å². The summed E-state index contributed by atoms with van der Waals surface area (Å²) in [5, 5.41) is 13.5. The smallest absolute Gasteiger partial charge is 0.288 e. The Morgan fingerprint density at radius 2 is 1.96 bits per heavy atom. The number of hydrogen-bond donors (Lipinski definition) is 1. The normalized spacial score (nSPS) is 10.3. The molecule has 2 aromatic rings. The Bertz CT molecular complexity index is 760. The Balaban J connectivity index is 2.14. The molecule has 0 spiro atoms. The van der Waals surface area contributed by atoms with Gasteiger partial charge in [-0.1, -0.05) is 18.5 Å². The van der Waals surface area contributed by atoms with Gasteiger partial charge >= 0.3 is 0 Å². The number of rotatable bonds is 6. The molecule has 2 rings (SSSR count). The molecule has 0 radical (unpaired) electrons. The van der Waals surface area contributed by atoms with Crippen LogP contribution >= 0.6 is 11.6 Å². The van der Waals surface area contributed by atoms with Gasteiger partial charge in [0.2, 0.25) is 0 Å². The van der Waals surface area contributed by atoms with Crippen LogP contribution in [0.4, 0.5) is 11.4 Å². The summed E-state index contributed by atoms with van der Waals surface area (Å²) in [5.41, 5.74) is 1.25. The van der Waals surface area contributed by atoms with E-state index >= 15 is 0 Å². The van der Waals surface area contributed by atoms with E-state index in [0.29, 0.717) is 29.2 Å². The van der Waals surface area contributed by atoms with E-state index in [0.717, 1.165) is 6.42 Å². The van der Waals surface area contributed by atoms with Gasteiger partial charge in [-0.25, -0.2) is 0 Å². The Labute approximate surface area is 144 Å². The number of carbonyl (C=O) groups excluding carboxylic acids is 1.